The van der Waals surface area contributed by atoms with E-state index in [-0.39, 0.29) is 5.75 Å². The maximum absolute atomic E-state index is 9.11. The van der Waals surface area contributed by atoms with Crippen molar-refractivity contribution >= 4 is 11.6 Å². The minimum Gasteiger partial charge on any atom is -0.508 e. The number of phenols is 1. The number of rotatable bonds is 2. The first-order valence-corrected chi connectivity index (χ1v) is 4.88. The predicted molar refractivity (Wildman–Crippen MR) is 58.0 cm³/mol. The van der Waals surface area contributed by atoms with Crippen LogP contribution in [0.15, 0.2) is 36.4 Å². The van der Waals surface area contributed by atoms with Crippen molar-refractivity contribution < 1.29 is 5.11 Å². The maximum atomic E-state index is 9.11. The van der Waals surface area contributed by atoms with Crippen LogP contribution in [0.2, 0.25) is 5.15 Å². The molecule has 0 aliphatic heterocycles. The summed E-state index contributed by atoms with van der Waals surface area (Å²) in [5.41, 5.74) is 1.93. The second-order valence-corrected chi connectivity index (χ2v) is 3.58. The van der Waals surface area contributed by atoms with Crippen molar-refractivity contribution in [1.29, 1.82) is 0 Å². The second-order valence-electron chi connectivity index (χ2n) is 3.19. The van der Waals surface area contributed by atoms with Crippen LogP contribution in [0.1, 0.15) is 11.3 Å². The molecule has 1 aromatic heterocycles. The summed E-state index contributed by atoms with van der Waals surface area (Å²) in [5.74, 6) is 0.265. The van der Waals surface area contributed by atoms with E-state index in [1.54, 1.807) is 18.2 Å². The second kappa shape index (κ2) is 4.28. The van der Waals surface area contributed by atoms with Gasteiger partial charge < -0.3 is 5.11 Å². The normalized spacial score (nSPS) is 10.2. The number of halogens is 1. The van der Waals surface area contributed by atoms with Gasteiger partial charge in [-0.3, -0.25) is 0 Å². The van der Waals surface area contributed by atoms with Gasteiger partial charge in [-0.15, -0.1) is 5.10 Å². The van der Waals surface area contributed by atoms with E-state index in [0.717, 1.165) is 11.3 Å². The summed E-state index contributed by atoms with van der Waals surface area (Å²) in [6.45, 7) is 0. The van der Waals surface area contributed by atoms with Crippen molar-refractivity contribution in [2.45, 2.75) is 6.42 Å². The van der Waals surface area contributed by atoms with Gasteiger partial charge in [-0.05, 0) is 29.8 Å². The fourth-order valence-electron chi connectivity index (χ4n) is 1.26. The molecule has 4 heteroatoms. The summed E-state index contributed by atoms with van der Waals surface area (Å²) in [6.07, 6.45) is 0.685. The van der Waals surface area contributed by atoms with E-state index in [0.29, 0.717) is 11.6 Å². The van der Waals surface area contributed by atoms with Crippen molar-refractivity contribution in [2.75, 3.05) is 0 Å². The fourth-order valence-corrected chi connectivity index (χ4v) is 1.36. The largest absolute Gasteiger partial charge is 0.508 e. The summed E-state index contributed by atoms with van der Waals surface area (Å²) in [7, 11) is 0. The third kappa shape index (κ3) is 2.67. The van der Waals surface area contributed by atoms with E-state index in [4.69, 9.17) is 16.7 Å². The molecule has 0 fully saturated rings. The van der Waals surface area contributed by atoms with Crippen LogP contribution in [0.25, 0.3) is 0 Å². The molecular weight excluding hydrogens is 212 g/mol. The van der Waals surface area contributed by atoms with Crippen LogP contribution in [0.4, 0.5) is 0 Å². The Labute approximate surface area is 92.4 Å². The predicted octanol–water partition coefficient (Wildman–Crippen LogP) is 2.43. The average molecular weight is 221 g/mol. The van der Waals surface area contributed by atoms with E-state index in [1.807, 2.05) is 18.2 Å². The van der Waals surface area contributed by atoms with E-state index in [2.05, 4.69) is 10.2 Å². The Bertz CT molecular complexity index is 396. The molecule has 15 heavy (non-hydrogen) atoms. The standard InChI is InChI=1S/C11H9ClN2O/c12-11-6-3-9(13-14-11)7-8-1-4-10(15)5-2-8/h1-6,15H,7H2. The lowest BCUT2D eigenvalue weighted by Crippen LogP contribution is -1.93. The van der Waals surface area contributed by atoms with Crippen LogP contribution >= 0.6 is 11.6 Å². The zero-order valence-corrected chi connectivity index (χ0v) is 8.65. The van der Waals surface area contributed by atoms with E-state index < -0.39 is 0 Å². The zero-order chi connectivity index (χ0) is 10.7. The third-order valence-electron chi connectivity index (χ3n) is 2.01. The molecule has 0 aliphatic rings. The highest BCUT2D eigenvalue weighted by Gasteiger charge is 1.98. The molecule has 0 radical (unpaired) electrons. The van der Waals surface area contributed by atoms with Gasteiger partial charge in [-0.2, -0.15) is 5.10 Å². The molecule has 2 rings (SSSR count). The molecule has 0 aliphatic carbocycles. The number of hydrogen-bond acceptors (Lipinski definition) is 3. The molecule has 0 bridgehead atoms. The number of hydrogen-bond donors (Lipinski definition) is 1. The molecule has 0 amide bonds. The van der Waals surface area contributed by atoms with Gasteiger partial charge in [0.15, 0.2) is 5.15 Å². The summed E-state index contributed by atoms with van der Waals surface area (Å²) in [6, 6.07) is 10.6. The van der Waals surface area contributed by atoms with Gasteiger partial charge in [-0.25, -0.2) is 0 Å². The molecule has 0 atom stereocenters. The van der Waals surface area contributed by atoms with Crippen LogP contribution in [-0.4, -0.2) is 15.3 Å². The van der Waals surface area contributed by atoms with E-state index in [9.17, 15) is 0 Å². The molecule has 0 spiro atoms. The average Bonchev–Trinajstić information content (AvgIpc) is 2.25. The molecule has 76 valence electrons. The lowest BCUT2D eigenvalue weighted by atomic mass is 10.1. The Morgan fingerprint density at radius 3 is 2.33 bits per heavy atom. The topological polar surface area (TPSA) is 46.0 Å². The van der Waals surface area contributed by atoms with Gasteiger partial charge in [-0.1, -0.05) is 23.7 Å². The Balaban J connectivity index is 2.15. The Morgan fingerprint density at radius 1 is 1.00 bits per heavy atom. The summed E-state index contributed by atoms with van der Waals surface area (Å²) in [5, 5.41) is 17.2. The van der Waals surface area contributed by atoms with Gasteiger partial charge >= 0.3 is 0 Å². The van der Waals surface area contributed by atoms with Crippen LogP contribution in [0.3, 0.4) is 0 Å². The highest BCUT2D eigenvalue weighted by Crippen LogP contribution is 2.13. The lowest BCUT2D eigenvalue weighted by molar-refractivity contribution is 0.475. The number of aromatic nitrogens is 2. The first-order valence-electron chi connectivity index (χ1n) is 4.50. The molecule has 0 unspecified atom stereocenters. The third-order valence-corrected chi connectivity index (χ3v) is 2.21. The summed E-state index contributed by atoms with van der Waals surface area (Å²) < 4.78 is 0. The highest BCUT2D eigenvalue weighted by molar-refractivity contribution is 6.29. The van der Waals surface area contributed by atoms with Crippen molar-refractivity contribution in [2.24, 2.45) is 0 Å². The molecule has 0 saturated carbocycles. The van der Waals surface area contributed by atoms with Crippen molar-refractivity contribution in [1.82, 2.24) is 10.2 Å². The van der Waals surface area contributed by atoms with Gasteiger partial charge in [0.1, 0.15) is 5.75 Å². The number of benzene rings is 1. The Hall–Kier alpha value is -1.61. The quantitative estimate of drug-likeness (QED) is 0.846. The molecule has 1 aromatic carbocycles. The van der Waals surface area contributed by atoms with Crippen LogP contribution in [-0.2, 0) is 6.42 Å². The number of phenolic OH excluding ortho intramolecular Hbond substituents is 1. The van der Waals surface area contributed by atoms with Crippen molar-refractivity contribution in [3.05, 3.63) is 52.8 Å². The maximum Gasteiger partial charge on any atom is 0.151 e. The smallest absolute Gasteiger partial charge is 0.151 e. The highest BCUT2D eigenvalue weighted by atomic mass is 35.5. The first-order chi connectivity index (χ1) is 7.24. The SMILES string of the molecule is Oc1ccc(Cc2ccc(Cl)nn2)cc1. The van der Waals surface area contributed by atoms with Crippen molar-refractivity contribution in [3.63, 3.8) is 0 Å². The molecule has 1 heterocycles. The van der Waals surface area contributed by atoms with Gasteiger partial charge in [0.25, 0.3) is 0 Å². The zero-order valence-electron chi connectivity index (χ0n) is 7.89. The minimum absolute atomic E-state index is 0.265. The summed E-state index contributed by atoms with van der Waals surface area (Å²) >= 11 is 5.63. The molecule has 3 nitrogen and oxygen atoms in total. The fraction of sp³-hybridized carbons (Fsp3) is 0.0909. The molecular formula is C11H9ClN2O. The summed E-state index contributed by atoms with van der Waals surface area (Å²) in [4.78, 5) is 0. The van der Waals surface area contributed by atoms with Crippen LogP contribution in [0.5, 0.6) is 5.75 Å². The van der Waals surface area contributed by atoms with Gasteiger partial charge in [0.2, 0.25) is 0 Å². The van der Waals surface area contributed by atoms with Crippen LogP contribution < -0.4 is 0 Å². The van der Waals surface area contributed by atoms with Gasteiger partial charge in [0, 0.05) is 6.42 Å². The first kappa shape index (κ1) is 9.93. The minimum atomic E-state index is 0.265. The van der Waals surface area contributed by atoms with E-state index >= 15 is 0 Å². The number of aromatic hydroxyl groups is 1. The van der Waals surface area contributed by atoms with Crippen molar-refractivity contribution in [3.8, 4) is 5.75 Å². The van der Waals surface area contributed by atoms with E-state index in [1.165, 1.54) is 0 Å². The molecule has 2 aromatic rings. The Morgan fingerprint density at radius 2 is 1.73 bits per heavy atom. The van der Waals surface area contributed by atoms with Crippen LogP contribution in [0, 0.1) is 0 Å². The molecule has 1 N–H and O–H groups in total. The Kier molecular flexibility index (Phi) is 2.83. The van der Waals surface area contributed by atoms with Gasteiger partial charge in [0.05, 0.1) is 5.69 Å². The number of nitrogens with zero attached hydrogens (tertiary/aromatic N) is 2. The molecule has 0 saturated heterocycles. The lowest BCUT2D eigenvalue weighted by Gasteiger charge is -2.00. The monoisotopic (exact) mass is 220 g/mol.